The number of hydrogen-bond acceptors (Lipinski definition) is 0. The fourth-order valence-electron chi connectivity index (χ4n) is 1.01. The lowest BCUT2D eigenvalue weighted by atomic mass is 10.1. The van der Waals surface area contributed by atoms with Crippen molar-refractivity contribution in [2.75, 3.05) is 0 Å². The van der Waals surface area contributed by atoms with Gasteiger partial charge in [0.2, 0.25) is 0 Å². The SMILES string of the molecule is Cc1c([Si])cc(Br)c(C)c1C. The van der Waals surface area contributed by atoms with Crippen molar-refractivity contribution < 1.29 is 0 Å². The van der Waals surface area contributed by atoms with Gasteiger partial charge in [0, 0.05) is 4.47 Å². The summed E-state index contributed by atoms with van der Waals surface area (Å²) in [7, 11) is 3.55. The summed E-state index contributed by atoms with van der Waals surface area (Å²) in [5.74, 6) is 0. The zero-order valence-corrected chi connectivity index (χ0v) is 9.54. The third kappa shape index (κ3) is 1.57. The highest BCUT2D eigenvalue weighted by Gasteiger charge is 2.03. The van der Waals surface area contributed by atoms with E-state index in [0.717, 1.165) is 0 Å². The van der Waals surface area contributed by atoms with E-state index in [1.54, 1.807) is 0 Å². The predicted molar refractivity (Wildman–Crippen MR) is 53.7 cm³/mol. The summed E-state index contributed by atoms with van der Waals surface area (Å²) in [4.78, 5) is 0. The maximum absolute atomic E-state index is 3.55. The van der Waals surface area contributed by atoms with Gasteiger partial charge in [-0.05, 0) is 43.5 Å². The molecule has 3 radical (unpaired) electrons. The zero-order chi connectivity index (χ0) is 8.59. The minimum atomic E-state index is 1.17. The van der Waals surface area contributed by atoms with Crippen LogP contribution >= 0.6 is 15.9 Å². The standard InChI is InChI=1S/C9H10BrSi/c1-5-6(2)8(10)4-9(11)7(5)3/h4H,1-3H3. The summed E-state index contributed by atoms with van der Waals surface area (Å²) in [6.07, 6.45) is 0. The Kier molecular flexibility index (Phi) is 2.55. The first kappa shape index (κ1) is 9.01. The van der Waals surface area contributed by atoms with Crippen LogP contribution in [0.25, 0.3) is 0 Å². The van der Waals surface area contributed by atoms with Crippen molar-refractivity contribution in [3.63, 3.8) is 0 Å². The first-order chi connectivity index (χ1) is 5.04. The van der Waals surface area contributed by atoms with Crippen LogP contribution in [0.1, 0.15) is 16.7 Å². The molecule has 0 atom stereocenters. The molecule has 0 heterocycles. The Bertz CT molecular complexity index is 266. The van der Waals surface area contributed by atoms with Crippen LogP contribution in [-0.2, 0) is 0 Å². The molecule has 0 amide bonds. The molecule has 0 fully saturated rings. The van der Waals surface area contributed by atoms with E-state index in [-0.39, 0.29) is 0 Å². The molecule has 1 aromatic carbocycles. The van der Waals surface area contributed by atoms with Gasteiger partial charge in [0.25, 0.3) is 0 Å². The van der Waals surface area contributed by atoms with Crippen molar-refractivity contribution >= 4 is 31.4 Å². The molecular formula is C9H10BrSi. The molecule has 1 aromatic rings. The van der Waals surface area contributed by atoms with Crippen molar-refractivity contribution in [1.29, 1.82) is 0 Å². The average Bonchev–Trinajstić information content (AvgIpc) is 1.97. The van der Waals surface area contributed by atoms with Crippen LogP contribution in [0.5, 0.6) is 0 Å². The van der Waals surface area contributed by atoms with Gasteiger partial charge >= 0.3 is 0 Å². The molecular weight excluding hydrogens is 216 g/mol. The van der Waals surface area contributed by atoms with E-state index in [4.69, 9.17) is 0 Å². The van der Waals surface area contributed by atoms with Gasteiger partial charge in [-0.25, -0.2) is 0 Å². The second-order valence-corrected chi connectivity index (χ2v) is 4.17. The third-order valence-electron chi connectivity index (χ3n) is 2.16. The molecule has 0 unspecified atom stereocenters. The van der Waals surface area contributed by atoms with Crippen molar-refractivity contribution in [2.45, 2.75) is 20.8 Å². The maximum Gasteiger partial charge on any atom is 0.0716 e. The Labute approximate surface area is 79.6 Å². The van der Waals surface area contributed by atoms with Crippen LogP contribution in [0.4, 0.5) is 0 Å². The summed E-state index contributed by atoms with van der Waals surface area (Å²) >= 11 is 3.50. The van der Waals surface area contributed by atoms with Crippen LogP contribution in [0.15, 0.2) is 10.5 Å². The minimum absolute atomic E-state index is 1.17. The van der Waals surface area contributed by atoms with Gasteiger partial charge in [0.1, 0.15) is 0 Å². The Balaban J connectivity index is 3.46. The van der Waals surface area contributed by atoms with Crippen molar-refractivity contribution in [2.24, 2.45) is 0 Å². The molecule has 0 saturated heterocycles. The van der Waals surface area contributed by atoms with Gasteiger partial charge in [-0.1, -0.05) is 21.1 Å². The van der Waals surface area contributed by atoms with Gasteiger partial charge in [0.15, 0.2) is 0 Å². The highest BCUT2D eigenvalue weighted by molar-refractivity contribution is 9.10. The second-order valence-electron chi connectivity index (χ2n) is 2.78. The first-order valence-corrected chi connectivity index (χ1v) is 4.81. The summed E-state index contributed by atoms with van der Waals surface area (Å²) in [6.45, 7) is 6.38. The molecule has 0 N–H and O–H groups in total. The summed E-state index contributed by atoms with van der Waals surface area (Å²) < 4.78 is 1.17. The van der Waals surface area contributed by atoms with Gasteiger partial charge in [-0.3, -0.25) is 0 Å². The van der Waals surface area contributed by atoms with Crippen LogP contribution in [-0.4, -0.2) is 10.2 Å². The number of rotatable bonds is 0. The van der Waals surface area contributed by atoms with Gasteiger partial charge < -0.3 is 0 Å². The lowest BCUT2D eigenvalue weighted by molar-refractivity contribution is 1.27. The van der Waals surface area contributed by atoms with E-state index in [9.17, 15) is 0 Å². The molecule has 0 aromatic heterocycles. The molecule has 2 heteroatoms. The Morgan fingerprint density at radius 3 is 2.18 bits per heavy atom. The van der Waals surface area contributed by atoms with E-state index in [1.807, 2.05) is 0 Å². The Morgan fingerprint density at radius 1 is 1.09 bits per heavy atom. The van der Waals surface area contributed by atoms with Crippen molar-refractivity contribution in [3.8, 4) is 0 Å². The molecule has 0 spiro atoms. The number of benzene rings is 1. The van der Waals surface area contributed by atoms with Crippen LogP contribution in [0.2, 0.25) is 0 Å². The molecule has 0 saturated carbocycles. The molecule has 0 aliphatic rings. The van der Waals surface area contributed by atoms with E-state index >= 15 is 0 Å². The third-order valence-corrected chi connectivity index (χ3v) is 3.50. The molecule has 0 aliphatic carbocycles. The van der Waals surface area contributed by atoms with Crippen molar-refractivity contribution in [3.05, 3.63) is 27.2 Å². The van der Waals surface area contributed by atoms with E-state index in [1.165, 1.54) is 26.3 Å². The Hall–Kier alpha value is -0.0831. The molecule has 11 heavy (non-hydrogen) atoms. The molecule has 1 rings (SSSR count). The maximum atomic E-state index is 3.55. The van der Waals surface area contributed by atoms with Crippen molar-refractivity contribution in [1.82, 2.24) is 0 Å². The second kappa shape index (κ2) is 3.11. The quantitative estimate of drug-likeness (QED) is 0.595. The van der Waals surface area contributed by atoms with Crippen LogP contribution in [0, 0.1) is 20.8 Å². The normalized spacial score (nSPS) is 10.3. The fraction of sp³-hybridized carbons (Fsp3) is 0.333. The van der Waals surface area contributed by atoms with E-state index < -0.39 is 0 Å². The van der Waals surface area contributed by atoms with Gasteiger partial charge in [-0.2, -0.15) is 0 Å². The largest absolute Gasteiger partial charge is 0.0716 e. The highest BCUT2D eigenvalue weighted by Crippen LogP contribution is 2.19. The van der Waals surface area contributed by atoms with Gasteiger partial charge in [0.05, 0.1) is 10.2 Å². The van der Waals surface area contributed by atoms with Gasteiger partial charge in [-0.15, -0.1) is 0 Å². The average molecular weight is 226 g/mol. The summed E-state index contributed by atoms with van der Waals surface area (Å²) in [5.41, 5.74) is 4.00. The predicted octanol–water partition coefficient (Wildman–Crippen LogP) is 2.17. The monoisotopic (exact) mass is 225 g/mol. The summed E-state index contributed by atoms with van der Waals surface area (Å²) in [5, 5.41) is 1.17. The minimum Gasteiger partial charge on any atom is -0.0631 e. The van der Waals surface area contributed by atoms with E-state index in [2.05, 4.69) is 53.0 Å². The number of halogens is 1. The first-order valence-electron chi connectivity index (χ1n) is 3.52. The van der Waals surface area contributed by atoms with Crippen LogP contribution < -0.4 is 5.19 Å². The molecule has 57 valence electrons. The topological polar surface area (TPSA) is 0 Å². The smallest absolute Gasteiger partial charge is 0.0631 e. The van der Waals surface area contributed by atoms with Crippen LogP contribution in [0.3, 0.4) is 0 Å². The molecule has 0 aliphatic heterocycles. The summed E-state index contributed by atoms with van der Waals surface area (Å²) in [6, 6.07) is 2.09. The van der Waals surface area contributed by atoms with E-state index in [0.29, 0.717) is 0 Å². The molecule has 0 nitrogen and oxygen atoms in total. The highest BCUT2D eigenvalue weighted by atomic mass is 79.9. The number of hydrogen-bond donors (Lipinski definition) is 0. The Morgan fingerprint density at radius 2 is 1.64 bits per heavy atom. The lowest BCUT2D eigenvalue weighted by Gasteiger charge is -2.09. The molecule has 0 bridgehead atoms. The lowest BCUT2D eigenvalue weighted by Crippen LogP contribution is -2.10. The zero-order valence-electron chi connectivity index (χ0n) is 6.96. The fourth-order valence-corrected chi connectivity index (χ4v) is 2.08.